The van der Waals surface area contributed by atoms with Gasteiger partial charge in [0.15, 0.2) is 0 Å². The average molecular weight is 252 g/mol. The van der Waals surface area contributed by atoms with Crippen molar-refractivity contribution in [1.29, 1.82) is 0 Å². The summed E-state index contributed by atoms with van der Waals surface area (Å²) in [6.45, 7) is 4.33. The molecular formula is C15H24O3. The predicted octanol–water partition coefficient (Wildman–Crippen LogP) is 3.39. The van der Waals surface area contributed by atoms with Gasteiger partial charge in [0.1, 0.15) is 0 Å². The first-order valence-corrected chi connectivity index (χ1v) is 7.16. The van der Waals surface area contributed by atoms with E-state index in [0.717, 1.165) is 44.9 Å². The van der Waals surface area contributed by atoms with Crippen molar-refractivity contribution < 1.29 is 14.6 Å². The maximum Gasteiger partial charge on any atom is 0.312 e. The van der Waals surface area contributed by atoms with Gasteiger partial charge >= 0.3 is 5.97 Å². The van der Waals surface area contributed by atoms with Crippen LogP contribution in [0.1, 0.15) is 51.4 Å². The van der Waals surface area contributed by atoms with Crippen molar-refractivity contribution in [3.8, 4) is 0 Å². The number of rotatable bonds is 8. The molecule has 0 aromatic carbocycles. The summed E-state index contributed by atoms with van der Waals surface area (Å²) < 4.78 is 5.74. The van der Waals surface area contributed by atoms with Gasteiger partial charge in [0, 0.05) is 6.61 Å². The lowest BCUT2D eigenvalue weighted by Gasteiger charge is -2.30. The average Bonchev–Trinajstić information content (AvgIpc) is 3.10. The highest BCUT2D eigenvalue weighted by Crippen LogP contribution is 2.50. The molecule has 1 heterocycles. The number of aliphatic carboxylic acids is 1. The number of hydrogen-bond acceptors (Lipinski definition) is 2. The summed E-state index contributed by atoms with van der Waals surface area (Å²) in [5, 5.41) is 9.62. The molecule has 3 nitrogen and oxygen atoms in total. The molecule has 0 amide bonds. The van der Waals surface area contributed by atoms with Crippen molar-refractivity contribution in [2.45, 2.75) is 57.5 Å². The molecule has 0 spiro atoms. The van der Waals surface area contributed by atoms with Gasteiger partial charge in [-0.3, -0.25) is 4.79 Å². The van der Waals surface area contributed by atoms with Gasteiger partial charge in [0.05, 0.1) is 11.5 Å². The SMILES string of the molecule is C=CCCCCCC1(C(=O)O)CCOC1C1CC1. The maximum absolute atomic E-state index is 11.7. The van der Waals surface area contributed by atoms with Gasteiger partial charge in [-0.2, -0.15) is 0 Å². The van der Waals surface area contributed by atoms with Crippen molar-refractivity contribution in [1.82, 2.24) is 0 Å². The van der Waals surface area contributed by atoms with Gasteiger partial charge in [-0.1, -0.05) is 18.9 Å². The zero-order valence-corrected chi connectivity index (χ0v) is 11.1. The Morgan fingerprint density at radius 3 is 2.78 bits per heavy atom. The highest BCUT2D eigenvalue weighted by Gasteiger charge is 2.55. The van der Waals surface area contributed by atoms with Crippen LogP contribution in [0.5, 0.6) is 0 Å². The summed E-state index contributed by atoms with van der Waals surface area (Å²) in [6.07, 6.45) is 9.92. The second kappa shape index (κ2) is 5.87. The van der Waals surface area contributed by atoms with E-state index < -0.39 is 11.4 Å². The first kappa shape index (κ1) is 13.6. The Morgan fingerprint density at radius 1 is 1.39 bits per heavy atom. The molecule has 0 radical (unpaired) electrons. The van der Waals surface area contributed by atoms with Gasteiger partial charge in [0.25, 0.3) is 0 Å². The second-order valence-corrected chi connectivity index (χ2v) is 5.73. The van der Waals surface area contributed by atoms with Gasteiger partial charge in [0.2, 0.25) is 0 Å². The summed E-state index contributed by atoms with van der Waals surface area (Å²) in [7, 11) is 0. The third-order valence-electron chi connectivity index (χ3n) is 4.40. The molecular weight excluding hydrogens is 228 g/mol. The maximum atomic E-state index is 11.7. The molecule has 1 aliphatic heterocycles. The van der Waals surface area contributed by atoms with Crippen LogP contribution in [0.2, 0.25) is 0 Å². The molecule has 2 fully saturated rings. The largest absolute Gasteiger partial charge is 0.481 e. The Labute approximate surface area is 109 Å². The van der Waals surface area contributed by atoms with Crippen LogP contribution >= 0.6 is 0 Å². The zero-order chi connectivity index (χ0) is 13.0. The van der Waals surface area contributed by atoms with Crippen LogP contribution in [-0.4, -0.2) is 23.8 Å². The highest BCUT2D eigenvalue weighted by molar-refractivity contribution is 5.76. The molecule has 18 heavy (non-hydrogen) atoms. The van der Waals surface area contributed by atoms with E-state index in [1.165, 1.54) is 0 Å². The molecule has 3 heteroatoms. The summed E-state index contributed by atoms with van der Waals surface area (Å²) >= 11 is 0. The number of ether oxygens (including phenoxy) is 1. The molecule has 0 bridgehead atoms. The van der Waals surface area contributed by atoms with Crippen LogP contribution < -0.4 is 0 Å². The molecule has 1 saturated carbocycles. The van der Waals surface area contributed by atoms with Crippen LogP contribution in [0, 0.1) is 11.3 Å². The molecule has 2 atom stereocenters. The van der Waals surface area contributed by atoms with Crippen molar-refractivity contribution >= 4 is 5.97 Å². The van der Waals surface area contributed by atoms with E-state index in [1.807, 2.05) is 6.08 Å². The quantitative estimate of drug-likeness (QED) is 0.532. The molecule has 2 unspecified atom stereocenters. The normalized spacial score (nSPS) is 31.4. The molecule has 2 rings (SSSR count). The fraction of sp³-hybridized carbons (Fsp3) is 0.800. The fourth-order valence-corrected chi connectivity index (χ4v) is 3.16. The van der Waals surface area contributed by atoms with Gasteiger partial charge < -0.3 is 9.84 Å². The topological polar surface area (TPSA) is 46.5 Å². The summed E-state index contributed by atoms with van der Waals surface area (Å²) in [4.78, 5) is 11.7. The Balaban J connectivity index is 1.89. The van der Waals surface area contributed by atoms with Gasteiger partial charge in [-0.15, -0.1) is 6.58 Å². The van der Waals surface area contributed by atoms with E-state index in [2.05, 4.69) is 6.58 Å². The van der Waals surface area contributed by atoms with Crippen LogP contribution in [-0.2, 0) is 9.53 Å². The van der Waals surface area contributed by atoms with E-state index in [4.69, 9.17) is 4.74 Å². The Kier molecular flexibility index (Phi) is 4.44. The third-order valence-corrected chi connectivity index (χ3v) is 4.40. The van der Waals surface area contributed by atoms with E-state index >= 15 is 0 Å². The lowest BCUT2D eigenvalue weighted by Crippen LogP contribution is -2.40. The highest BCUT2D eigenvalue weighted by atomic mass is 16.5. The van der Waals surface area contributed by atoms with Crippen molar-refractivity contribution in [3.63, 3.8) is 0 Å². The monoisotopic (exact) mass is 252 g/mol. The standard InChI is InChI=1S/C15H24O3/c1-2-3-4-5-6-9-15(14(16)17)10-11-18-13(15)12-7-8-12/h2,12-13H,1,3-11H2,(H,16,17). The van der Waals surface area contributed by atoms with E-state index in [-0.39, 0.29) is 6.10 Å². The summed E-state index contributed by atoms with van der Waals surface area (Å²) in [6, 6.07) is 0. The Bertz CT molecular complexity index is 309. The fourth-order valence-electron chi connectivity index (χ4n) is 3.16. The van der Waals surface area contributed by atoms with E-state index in [9.17, 15) is 9.90 Å². The van der Waals surface area contributed by atoms with Crippen molar-refractivity contribution in [2.24, 2.45) is 11.3 Å². The minimum atomic E-state index is -0.638. The minimum Gasteiger partial charge on any atom is -0.481 e. The number of carboxylic acids is 1. The number of carbonyl (C=O) groups is 1. The van der Waals surface area contributed by atoms with Crippen molar-refractivity contribution in [3.05, 3.63) is 12.7 Å². The first-order chi connectivity index (χ1) is 8.70. The lowest BCUT2D eigenvalue weighted by atomic mass is 9.75. The van der Waals surface area contributed by atoms with Gasteiger partial charge in [-0.05, 0) is 44.4 Å². The molecule has 2 aliphatic rings. The number of hydrogen-bond donors (Lipinski definition) is 1. The Morgan fingerprint density at radius 2 is 2.17 bits per heavy atom. The zero-order valence-electron chi connectivity index (χ0n) is 11.1. The van der Waals surface area contributed by atoms with E-state index in [0.29, 0.717) is 18.9 Å². The number of carboxylic acid groups (broad SMARTS) is 1. The number of allylic oxidation sites excluding steroid dienone is 1. The van der Waals surface area contributed by atoms with Crippen LogP contribution in [0.3, 0.4) is 0 Å². The van der Waals surface area contributed by atoms with Crippen LogP contribution in [0.15, 0.2) is 12.7 Å². The molecule has 1 saturated heterocycles. The smallest absolute Gasteiger partial charge is 0.312 e. The second-order valence-electron chi connectivity index (χ2n) is 5.73. The lowest BCUT2D eigenvalue weighted by molar-refractivity contribution is -0.154. The van der Waals surface area contributed by atoms with E-state index in [1.54, 1.807) is 0 Å². The molecule has 102 valence electrons. The first-order valence-electron chi connectivity index (χ1n) is 7.16. The Hall–Kier alpha value is -0.830. The van der Waals surface area contributed by atoms with Crippen LogP contribution in [0.4, 0.5) is 0 Å². The molecule has 1 N–H and O–H groups in total. The predicted molar refractivity (Wildman–Crippen MR) is 70.4 cm³/mol. The molecule has 0 aromatic rings. The summed E-state index contributed by atoms with van der Waals surface area (Å²) in [5.74, 6) is -0.127. The minimum absolute atomic E-state index is 0.0191. The van der Waals surface area contributed by atoms with Crippen LogP contribution in [0.25, 0.3) is 0 Å². The third kappa shape index (κ3) is 2.77. The van der Waals surface area contributed by atoms with Crippen molar-refractivity contribution in [2.75, 3.05) is 6.61 Å². The molecule has 1 aliphatic carbocycles. The summed E-state index contributed by atoms with van der Waals surface area (Å²) in [5.41, 5.74) is -0.588. The molecule has 0 aromatic heterocycles. The van der Waals surface area contributed by atoms with Gasteiger partial charge in [-0.25, -0.2) is 0 Å². The number of unbranched alkanes of at least 4 members (excludes halogenated alkanes) is 3.